The molecular weight excluding hydrogens is 365 g/mol. The van der Waals surface area contributed by atoms with Gasteiger partial charge in [-0.1, -0.05) is 6.42 Å². The summed E-state index contributed by atoms with van der Waals surface area (Å²) < 4.78 is 16.1. The summed E-state index contributed by atoms with van der Waals surface area (Å²) >= 11 is 0. The maximum atomic E-state index is 14.9. The first kappa shape index (κ1) is 18.0. The van der Waals surface area contributed by atoms with Crippen LogP contribution in [0.5, 0.6) is 0 Å². The fraction of sp³-hybridized carbons (Fsp3) is 0.333. The largest absolute Gasteiger partial charge is 0.476 e. The van der Waals surface area contributed by atoms with Crippen LogP contribution in [0.4, 0.5) is 10.1 Å². The molecule has 146 valence electrons. The number of carboxylic acids is 1. The molecule has 2 heterocycles. The van der Waals surface area contributed by atoms with Crippen LogP contribution in [0, 0.1) is 5.82 Å². The predicted octanol–water partition coefficient (Wildman–Crippen LogP) is 1.82. The summed E-state index contributed by atoms with van der Waals surface area (Å²) in [5.74, 6) is -1.44. The fourth-order valence-electron chi connectivity index (χ4n) is 3.89. The Labute approximate surface area is 160 Å². The normalized spacial score (nSPS) is 18.7. The van der Waals surface area contributed by atoms with Gasteiger partial charge >= 0.3 is 5.97 Å². The quantitative estimate of drug-likeness (QED) is 0.737. The van der Waals surface area contributed by atoms with Crippen LogP contribution in [0.1, 0.15) is 42.6 Å². The van der Waals surface area contributed by atoms with E-state index in [1.165, 1.54) is 29.1 Å². The second-order valence-corrected chi connectivity index (χ2v) is 6.90. The van der Waals surface area contributed by atoms with Gasteiger partial charge in [0.15, 0.2) is 11.5 Å². The molecule has 0 amide bonds. The van der Waals surface area contributed by atoms with E-state index in [0.717, 1.165) is 32.1 Å². The highest BCUT2D eigenvalue weighted by molar-refractivity contribution is 6.05. The first-order valence-electron chi connectivity index (χ1n) is 8.98. The topological polar surface area (TPSA) is 135 Å². The summed E-state index contributed by atoms with van der Waals surface area (Å²) in [5.41, 5.74) is 11.8. The van der Waals surface area contributed by atoms with Gasteiger partial charge in [-0.15, -0.1) is 0 Å². The summed E-state index contributed by atoms with van der Waals surface area (Å²) in [6.45, 7) is 0. The van der Waals surface area contributed by atoms with Gasteiger partial charge in [0.1, 0.15) is 11.4 Å². The van der Waals surface area contributed by atoms with Crippen LogP contribution < -0.4 is 16.4 Å². The van der Waals surface area contributed by atoms with E-state index in [1.54, 1.807) is 11.0 Å². The van der Waals surface area contributed by atoms with Crippen molar-refractivity contribution in [2.45, 2.75) is 37.8 Å². The highest BCUT2D eigenvalue weighted by atomic mass is 19.1. The Morgan fingerprint density at radius 1 is 1.18 bits per heavy atom. The van der Waals surface area contributed by atoms with Crippen molar-refractivity contribution in [2.24, 2.45) is 21.5 Å². The lowest BCUT2D eigenvalue weighted by Gasteiger charge is -2.45. The number of aromatic nitrogens is 2. The van der Waals surface area contributed by atoms with E-state index in [0.29, 0.717) is 5.69 Å². The Morgan fingerprint density at radius 3 is 2.57 bits per heavy atom. The molecule has 0 bridgehead atoms. The van der Waals surface area contributed by atoms with Crippen LogP contribution >= 0.6 is 0 Å². The maximum Gasteiger partial charge on any atom is 0.356 e. The SMILES string of the molecule is NC1=NC2(CCCCC2)N(c2ccc(-n3ccc(C(=O)O)n3)c(F)c2)C(N)=N1. The van der Waals surface area contributed by atoms with Crippen LogP contribution in [0.2, 0.25) is 0 Å². The Kier molecular flexibility index (Phi) is 4.25. The van der Waals surface area contributed by atoms with E-state index in [4.69, 9.17) is 16.6 Å². The minimum Gasteiger partial charge on any atom is -0.476 e. The first-order valence-corrected chi connectivity index (χ1v) is 8.98. The molecule has 1 aromatic carbocycles. The predicted molar refractivity (Wildman–Crippen MR) is 102 cm³/mol. The number of hydrogen-bond donors (Lipinski definition) is 3. The lowest BCUT2D eigenvalue weighted by atomic mass is 9.87. The number of halogens is 1. The molecule has 10 heteroatoms. The van der Waals surface area contributed by atoms with Gasteiger partial charge in [-0.3, -0.25) is 4.90 Å². The number of nitrogens with zero attached hydrogens (tertiary/aromatic N) is 5. The van der Waals surface area contributed by atoms with Gasteiger partial charge < -0.3 is 16.6 Å². The Balaban J connectivity index is 1.73. The molecule has 0 atom stereocenters. The Morgan fingerprint density at radius 2 is 1.93 bits per heavy atom. The van der Waals surface area contributed by atoms with E-state index < -0.39 is 17.4 Å². The molecule has 1 aromatic heterocycles. The molecule has 5 N–H and O–H groups in total. The monoisotopic (exact) mass is 385 g/mol. The third-order valence-electron chi connectivity index (χ3n) is 5.10. The number of aromatic carboxylic acids is 1. The lowest BCUT2D eigenvalue weighted by molar-refractivity contribution is 0.0690. The maximum absolute atomic E-state index is 14.9. The van der Waals surface area contributed by atoms with Crippen molar-refractivity contribution in [2.75, 3.05) is 4.90 Å². The van der Waals surface area contributed by atoms with Gasteiger partial charge in [0.05, 0.1) is 0 Å². The third kappa shape index (κ3) is 2.96. The summed E-state index contributed by atoms with van der Waals surface area (Å²) in [6, 6.07) is 5.85. The third-order valence-corrected chi connectivity index (χ3v) is 5.10. The molecule has 1 spiro atoms. The van der Waals surface area contributed by atoms with Gasteiger partial charge in [-0.25, -0.2) is 18.9 Å². The standard InChI is InChI=1S/C18H20FN7O2/c19-12-10-11(4-5-14(12)25-9-6-13(24-25)15(27)28)26-17(21)22-16(20)23-18(26)7-2-1-3-8-18/h4-6,9-10H,1-3,7-8H2,(H,27,28)(H4,20,21,22,23). The van der Waals surface area contributed by atoms with E-state index >= 15 is 0 Å². The van der Waals surface area contributed by atoms with Crippen LogP contribution in [0.3, 0.4) is 0 Å². The highest BCUT2D eigenvalue weighted by Crippen LogP contribution is 2.39. The number of aliphatic imine (C=N–C) groups is 2. The molecule has 0 radical (unpaired) electrons. The minimum atomic E-state index is -1.18. The zero-order valence-electron chi connectivity index (χ0n) is 15.0. The summed E-state index contributed by atoms with van der Waals surface area (Å²) in [4.78, 5) is 21.4. The number of carboxylic acid groups (broad SMARTS) is 1. The van der Waals surface area contributed by atoms with Gasteiger partial charge in [-0.2, -0.15) is 10.1 Å². The van der Waals surface area contributed by atoms with Crippen molar-refractivity contribution >= 4 is 23.6 Å². The molecule has 2 aromatic rings. The van der Waals surface area contributed by atoms with E-state index in [9.17, 15) is 9.18 Å². The smallest absolute Gasteiger partial charge is 0.356 e. The highest BCUT2D eigenvalue weighted by Gasteiger charge is 2.42. The molecule has 9 nitrogen and oxygen atoms in total. The summed E-state index contributed by atoms with van der Waals surface area (Å²) in [6.07, 6.45) is 5.91. The molecule has 2 aliphatic rings. The molecule has 1 aliphatic carbocycles. The van der Waals surface area contributed by atoms with E-state index in [1.807, 2.05) is 0 Å². The Hall–Kier alpha value is -3.43. The van der Waals surface area contributed by atoms with Crippen molar-refractivity contribution < 1.29 is 14.3 Å². The van der Waals surface area contributed by atoms with Crippen LogP contribution in [-0.4, -0.2) is 38.4 Å². The van der Waals surface area contributed by atoms with E-state index in [-0.39, 0.29) is 23.3 Å². The van der Waals surface area contributed by atoms with Crippen molar-refractivity contribution in [1.29, 1.82) is 0 Å². The summed E-state index contributed by atoms with van der Waals surface area (Å²) in [5, 5.41) is 12.9. The zero-order valence-corrected chi connectivity index (χ0v) is 15.0. The van der Waals surface area contributed by atoms with Crippen LogP contribution in [0.25, 0.3) is 5.69 Å². The van der Waals surface area contributed by atoms with Crippen molar-refractivity contribution in [1.82, 2.24) is 9.78 Å². The number of carbonyl (C=O) groups is 1. The van der Waals surface area contributed by atoms with Gasteiger partial charge in [0.2, 0.25) is 11.9 Å². The number of hydrogen-bond acceptors (Lipinski definition) is 7. The van der Waals surface area contributed by atoms with Gasteiger partial charge in [0, 0.05) is 11.9 Å². The number of benzene rings is 1. The molecule has 1 aliphatic heterocycles. The summed E-state index contributed by atoms with van der Waals surface area (Å²) in [7, 11) is 0. The van der Waals surface area contributed by atoms with Gasteiger partial charge in [-0.05, 0) is 49.9 Å². The number of nitrogens with two attached hydrogens (primary N) is 2. The van der Waals surface area contributed by atoms with Crippen molar-refractivity contribution in [3.8, 4) is 5.69 Å². The van der Waals surface area contributed by atoms with Crippen molar-refractivity contribution in [3.05, 3.63) is 42.0 Å². The number of rotatable bonds is 3. The molecule has 4 rings (SSSR count). The minimum absolute atomic E-state index is 0.129. The van der Waals surface area contributed by atoms with Crippen LogP contribution in [0.15, 0.2) is 40.4 Å². The molecule has 1 saturated carbocycles. The van der Waals surface area contributed by atoms with E-state index in [2.05, 4.69) is 15.1 Å². The molecule has 1 fully saturated rings. The zero-order chi connectivity index (χ0) is 19.9. The molecule has 0 saturated heterocycles. The van der Waals surface area contributed by atoms with Crippen LogP contribution in [-0.2, 0) is 0 Å². The van der Waals surface area contributed by atoms with Crippen molar-refractivity contribution in [3.63, 3.8) is 0 Å². The number of guanidine groups is 2. The second kappa shape index (κ2) is 6.63. The number of anilines is 1. The molecular formula is C18H20FN7O2. The molecule has 0 unspecified atom stereocenters. The fourth-order valence-corrected chi connectivity index (χ4v) is 3.89. The average molecular weight is 385 g/mol. The second-order valence-electron chi connectivity index (χ2n) is 6.90. The van der Waals surface area contributed by atoms with Gasteiger partial charge in [0.25, 0.3) is 0 Å². The molecule has 28 heavy (non-hydrogen) atoms. The lowest BCUT2D eigenvalue weighted by Crippen LogP contribution is -2.58. The first-order chi connectivity index (χ1) is 13.4. The Bertz CT molecular complexity index is 992. The average Bonchev–Trinajstić information content (AvgIpc) is 3.12.